The minimum absolute atomic E-state index is 0.191. The third-order valence-corrected chi connectivity index (χ3v) is 3.69. The molecule has 4 nitrogen and oxygen atoms in total. The molecule has 1 amide bonds. The van der Waals surface area contributed by atoms with Crippen molar-refractivity contribution in [2.75, 3.05) is 12.0 Å². The fraction of sp³-hybridized carbons (Fsp3) is 0.385. The molecule has 0 aromatic heterocycles. The molecule has 1 aromatic rings. The fourth-order valence-electron chi connectivity index (χ4n) is 1.53. The highest BCUT2D eigenvalue weighted by atomic mass is 79.9. The van der Waals surface area contributed by atoms with Crippen molar-refractivity contribution >= 4 is 39.6 Å². The lowest BCUT2D eigenvalue weighted by Crippen LogP contribution is -2.41. The lowest BCUT2D eigenvalue weighted by atomic mass is 10.1. The van der Waals surface area contributed by atoms with Gasteiger partial charge in [-0.05, 0) is 36.1 Å². The maximum Gasteiger partial charge on any atom is 0.326 e. The van der Waals surface area contributed by atoms with Gasteiger partial charge in [-0.3, -0.25) is 4.79 Å². The molecule has 0 bridgehead atoms. The summed E-state index contributed by atoms with van der Waals surface area (Å²) in [5.41, 5.74) is 0.856. The van der Waals surface area contributed by atoms with E-state index in [1.54, 1.807) is 11.8 Å². The Bertz CT molecular complexity index is 436. The maximum absolute atomic E-state index is 11.8. The van der Waals surface area contributed by atoms with Crippen LogP contribution in [0.4, 0.5) is 0 Å². The first kappa shape index (κ1) is 16.0. The first-order valence-electron chi connectivity index (χ1n) is 5.78. The molecule has 6 heteroatoms. The lowest BCUT2D eigenvalue weighted by molar-refractivity contribution is -0.141. The van der Waals surface area contributed by atoms with E-state index in [0.29, 0.717) is 12.2 Å². The second-order valence-electron chi connectivity index (χ2n) is 4.04. The standard InChI is InChI=1S/C13H16BrNO3S/c1-19-7-6-11(13(17)18)15-12(16)8-9-2-4-10(14)5-3-9/h2-5,11H,6-8H2,1H3,(H,15,16)(H,17,18). The van der Waals surface area contributed by atoms with Crippen molar-refractivity contribution in [1.29, 1.82) is 0 Å². The van der Waals surface area contributed by atoms with E-state index in [-0.39, 0.29) is 12.3 Å². The Labute approximate surface area is 125 Å². The Morgan fingerprint density at radius 3 is 2.53 bits per heavy atom. The lowest BCUT2D eigenvalue weighted by Gasteiger charge is -2.13. The normalized spacial score (nSPS) is 11.9. The molecule has 0 heterocycles. The van der Waals surface area contributed by atoms with Gasteiger partial charge in [0.1, 0.15) is 6.04 Å². The molecule has 0 aliphatic carbocycles. The molecule has 0 saturated heterocycles. The van der Waals surface area contributed by atoms with Crippen LogP contribution in [0, 0.1) is 0 Å². The first-order chi connectivity index (χ1) is 9.02. The second-order valence-corrected chi connectivity index (χ2v) is 5.94. The number of benzene rings is 1. The number of hydrogen-bond donors (Lipinski definition) is 2. The molecule has 1 atom stereocenters. The van der Waals surface area contributed by atoms with Crippen LogP contribution in [0.1, 0.15) is 12.0 Å². The summed E-state index contributed by atoms with van der Waals surface area (Å²) in [7, 11) is 0. The van der Waals surface area contributed by atoms with Crippen LogP contribution in [0.2, 0.25) is 0 Å². The van der Waals surface area contributed by atoms with E-state index in [9.17, 15) is 9.59 Å². The molecular weight excluding hydrogens is 330 g/mol. The Morgan fingerprint density at radius 1 is 1.37 bits per heavy atom. The van der Waals surface area contributed by atoms with Crippen LogP contribution in [-0.4, -0.2) is 35.0 Å². The highest BCUT2D eigenvalue weighted by molar-refractivity contribution is 9.10. The minimum Gasteiger partial charge on any atom is -0.480 e. The van der Waals surface area contributed by atoms with E-state index in [2.05, 4.69) is 21.2 Å². The zero-order chi connectivity index (χ0) is 14.3. The Hall–Kier alpha value is -1.01. The molecule has 19 heavy (non-hydrogen) atoms. The fourth-order valence-corrected chi connectivity index (χ4v) is 2.26. The predicted molar refractivity (Wildman–Crippen MR) is 80.4 cm³/mol. The van der Waals surface area contributed by atoms with Crippen LogP contribution in [0.3, 0.4) is 0 Å². The van der Waals surface area contributed by atoms with E-state index in [0.717, 1.165) is 10.0 Å². The molecule has 104 valence electrons. The van der Waals surface area contributed by atoms with Crippen molar-refractivity contribution in [2.24, 2.45) is 0 Å². The average molecular weight is 346 g/mol. The zero-order valence-corrected chi connectivity index (χ0v) is 13.0. The largest absolute Gasteiger partial charge is 0.480 e. The molecule has 1 rings (SSSR count). The molecule has 0 spiro atoms. The van der Waals surface area contributed by atoms with E-state index < -0.39 is 12.0 Å². The molecule has 2 N–H and O–H groups in total. The maximum atomic E-state index is 11.8. The molecular formula is C13H16BrNO3S. The van der Waals surface area contributed by atoms with Crippen LogP contribution in [0.15, 0.2) is 28.7 Å². The number of halogens is 1. The number of carbonyl (C=O) groups is 2. The Kier molecular flexibility index (Phi) is 6.94. The summed E-state index contributed by atoms with van der Waals surface area (Å²) in [6.45, 7) is 0. The average Bonchev–Trinajstić information content (AvgIpc) is 2.37. The third kappa shape index (κ3) is 6.11. The number of aliphatic carboxylic acids is 1. The van der Waals surface area contributed by atoms with Gasteiger partial charge >= 0.3 is 5.97 Å². The summed E-state index contributed by atoms with van der Waals surface area (Å²) >= 11 is 4.88. The SMILES string of the molecule is CSCCC(NC(=O)Cc1ccc(Br)cc1)C(=O)O. The van der Waals surface area contributed by atoms with E-state index in [4.69, 9.17) is 5.11 Å². The first-order valence-corrected chi connectivity index (χ1v) is 7.97. The van der Waals surface area contributed by atoms with Crippen molar-refractivity contribution in [2.45, 2.75) is 18.9 Å². The quantitative estimate of drug-likeness (QED) is 0.795. The summed E-state index contributed by atoms with van der Waals surface area (Å²) in [6, 6.07) is 6.56. The zero-order valence-electron chi connectivity index (χ0n) is 10.6. The molecule has 0 saturated carbocycles. The number of carbonyl (C=O) groups excluding carboxylic acids is 1. The van der Waals surface area contributed by atoms with Gasteiger partial charge in [0.05, 0.1) is 6.42 Å². The van der Waals surface area contributed by atoms with Crippen molar-refractivity contribution < 1.29 is 14.7 Å². The van der Waals surface area contributed by atoms with Gasteiger partial charge in [-0.25, -0.2) is 4.79 Å². The van der Waals surface area contributed by atoms with E-state index in [1.165, 1.54) is 0 Å². The number of hydrogen-bond acceptors (Lipinski definition) is 3. The van der Waals surface area contributed by atoms with Gasteiger partial charge in [-0.15, -0.1) is 0 Å². The number of thioether (sulfide) groups is 1. The van der Waals surface area contributed by atoms with Gasteiger partial charge in [-0.2, -0.15) is 11.8 Å². The topological polar surface area (TPSA) is 66.4 Å². The van der Waals surface area contributed by atoms with Crippen molar-refractivity contribution in [3.63, 3.8) is 0 Å². The number of rotatable bonds is 7. The molecule has 0 fully saturated rings. The smallest absolute Gasteiger partial charge is 0.326 e. The second kappa shape index (κ2) is 8.22. The number of nitrogens with one attached hydrogen (secondary N) is 1. The molecule has 0 aliphatic rings. The highest BCUT2D eigenvalue weighted by Crippen LogP contribution is 2.11. The van der Waals surface area contributed by atoms with Gasteiger partial charge in [0.25, 0.3) is 0 Å². The van der Waals surface area contributed by atoms with E-state index in [1.807, 2.05) is 30.5 Å². The van der Waals surface area contributed by atoms with Crippen LogP contribution in [0.25, 0.3) is 0 Å². The van der Waals surface area contributed by atoms with Crippen LogP contribution in [-0.2, 0) is 16.0 Å². The predicted octanol–water partition coefficient (Wildman–Crippen LogP) is 2.31. The summed E-state index contributed by atoms with van der Waals surface area (Å²) in [5.74, 6) is -0.552. The van der Waals surface area contributed by atoms with Crippen LogP contribution >= 0.6 is 27.7 Å². The minimum atomic E-state index is -0.988. The van der Waals surface area contributed by atoms with E-state index >= 15 is 0 Å². The molecule has 1 aromatic carbocycles. The number of amides is 1. The van der Waals surface area contributed by atoms with Gasteiger partial charge in [0.15, 0.2) is 0 Å². The monoisotopic (exact) mass is 345 g/mol. The highest BCUT2D eigenvalue weighted by Gasteiger charge is 2.19. The number of carboxylic acid groups (broad SMARTS) is 1. The van der Waals surface area contributed by atoms with Crippen molar-refractivity contribution in [3.8, 4) is 0 Å². The summed E-state index contributed by atoms with van der Waals surface area (Å²) in [4.78, 5) is 22.8. The molecule has 0 radical (unpaired) electrons. The summed E-state index contributed by atoms with van der Waals surface area (Å²) < 4.78 is 0.944. The van der Waals surface area contributed by atoms with Gasteiger partial charge in [-0.1, -0.05) is 28.1 Å². The molecule has 1 unspecified atom stereocenters. The Balaban J connectivity index is 2.52. The van der Waals surface area contributed by atoms with Crippen molar-refractivity contribution in [1.82, 2.24) is 5.32 Å². The summed E-state index contributed by atoms with van der Waals surface area (Å²) in [5, 5.41) is 11.6. The van der Waals surface area contributed by atoms with Gasteiger partial charge < -0.3 is 10.4 Å². The van der Waals surface area contributed by atoms with Crippen LogP contribution in [0.5, 0.6) is 0 Å². The van der Waals surface area contributed by atoms with Gasteiger partial charge in [0.2, 0.25) is 5.91 Å². The molecule has 0 aliphatic heterocycles. The third-order valence-electron chi connectivity index (χ3n) is 2.52. The summed E-state index contributed by atoms with van der Waals surface area (Å²) in [6.07, 6.45) is 2.53. The van der Waals surface area contributed by atoms with Gasteiger partial charge in [0, 0.05) is 4.47 Å². The van der Waals surface area contributed by atoms with Crippen molar-refractivity contribution in [3.05, 3.63) is 34.3 Å². The van der Waals surface area contributed by atoms with Crippen LogP contribution < -0.4 is 5.32 Å². The Morgan fingerprint density at radius 2 is 2.00 bits per heavy atom. The number of carboxylic acids is 1.